The molecule has 0 heterocycles. The third kappa shape index (κ3) is 3.44. The highest BCUT2D eigenvalue weighted by atomic mass is 79.9. The molecule has 0 amide bonds. The number of benzene rings is 1. The summed E-state index contributed by atoms with van der Waals surface area (Å²) in [6, 6.07) is 8.20. The second-order valence-electron chi connectivity index (χ2n) is 3.14. The number of nitrogens with two attached hydrogens (primary N) is 1. The van der Waals surface area contributed by atoms with Gasteiger partial charge in [0.15, 0.2) is 0 Å². The molecule has 0 saturated heterocycles. The average Bonchev–Trinajstić information content (AvgIpc) is 2.04. The Kier molecular flexibility index (Phi) is 3.88. The molecular formula is C10H12BrNS. The predicted molar refractivity (Wildman–Crippen MR) is 63.8 cm³/mol. The Morgan fingerprint density at radius 1 is 1.62 bits per heavy atom. The third-order valence-corrected chi connectivity index (χ3v) is 2.81. The van der Waals surface area contributed by atoms with Crippen LogP contribution in [0, 0.1) is 5.92 Å². The predicted octanol–water partition coefficient (Wildman–Crippen LogP) is 2.91. The van der Waals surface area contributed by atoms with Crippen molar-refractivity contribution in [2.45, 2.75) is 13.3 Å². The number of hydrogen-bond donors (Lipinski definition) is 1. The largest absolute Gasteiger partial charge is 0.393 e. The minimum absolute atomic E-state index is 0.268. The lowest BCUT2D eigenvalue weighted by Gasteiger charge is -2.09. The van der Waals surface area contributed by atoms with Gasteiger partial charge < -0.3 is 5.73 Å². The summed E-state index contributed by atoms with van der Waals surface area (Å²) in [7, 11) is 0. The summed E-state index contributed by atoms with van der Waals surface area (Å²) in [5.74, 6) is 0.268. The summed E-state index contributed by atoms with van der Waals surface area (Å²) in [6.45, 7) is 2.04. The van der Waals surface area contributed by atoms with E-state index in [2.05, 4.69) is 28.1 Å². The zero-order valence-electron chi connectivity index (χ0n) is 7.46. The molecule has 0 aliphatic rings. The summed E-state index contributed by atoms with van der Waals surface area (Å²) in [6.07, 6.45) is 0.911. The van der Waals surface area contributed by atoms with E-state index in [4.69, 9.17) is 18.0 Å². The van der Waals surface area contributed by atoms with Crippen LogP contribution in [0.15, 0.2) is 28.7 Å². The quantitative estimate of drug-likeness (QED) is 0.843. The minimum atomic E-state index is 0.268. The van der Waals surface area contributed by atoms with Crippen molar-refractivity contribution in [3.63, 3.8) is 0 Å². The summed E-state index contributed by atoms with van der Waals surface area (Å²) < 4.78 is 1.10. The number of rotatable bonds is 3. The number of hydrogen-bond acceptors (Lipinski definition) is 1. The summed E-state index contributed by atoms with van der Waals surface area (Å²) >= 11 is 8.34. The Morgan fingerprint density at radius 3 is 2.85 bits per heavy atom. The fourth-order valence-corrected chi connectivity index (χ4v) is 1.65. The van der Waals surface area contributed by atoms with Crippen molar-refractivity contribution in [3.8, 4) is 0 Å². The summed E-state index contributed by atoms with van der Waals surface area (Å²) in [5.41, 5.74) is 6.80. The first-order valence-corrected chi connectivity index (χ1v) is 5.33. The lowest BCUT2D eigenvalue weighted by molar-refractivity contribution is 0.771. The van der Waals surface area contributed by atoms with Gasteiger partial charge in [-0.3, -0.25) is 0 Å². The normalized spacial score (nSPS) is 12.5. The average molecular weight is 258 g/mol. The molecule has 3 heteroatoms. The molecule has 1 nitrogen and oxygen atoms in total. The molecule has 0 saturated carbocycles. The van der Waals surface area contributed by atoms with E-state index in [1.165, 1.54) is 5.56 Å². The molecule has 13 heavy (non-hydrogen) atoms. The molecule has 1 atom stereocenters. The van der Waals surface area contributed by atoms with E-state index in [1.807, 2.05) is 19.1 Å². The molecule has 1 rings (SSSR count). The molecule has 70 valence electrons. The van der Waals surface area contributed by atoms with Crippen molar-refractivity contribution in [3.05, 3.63) is 34.3 Å². The van der Waals surface area contributed by atoms with Crippen LogP contribution in [0.2, 0.25) is 0 Å². The maximum Gasteiger partial charge on any atom is 0.0759 e. The molecular weight excluding hydrogens is 246 g/mol. The molecule has 0 radical (unpaired) electrons. The van der Waals surface area contributed by atoms with Crippen LogP contribution in [0.1, 0.15) is 12.5 Å². The molecule has 0 aliphatic heterocycles. The molecule has 1 aromatic rings. The molecule has 0 bridgehead atoms. The lowest BCUT2D eigenvalue weighted by Crippen LogP contribution is -2.20. The fraction of sp³-hybridized carbons (Fsp3) is 0.300. The van der Waals surface area contributed by atoms with Crippen molar-refractivity contribution in [2.75, 3.05) is 0 Å². The Labute approximate surface area is 92.5 Å². The van der Waals surface area contributed by atoms with Crippen LogP contribution in [0.4, 0.5) is 0 Å². The topological polar surface area (TPSA) is 26.0 Å². The maximum atomic E-state index is 5.54. The zero-order valence-corrected chi connectivity index (χ0v) is 9.86. The van der Waals surface area contributed by atoms with Gasteiger partial charge in [-0.2, -0.15) is 0 Å². The molecule has 1 unspecified atom stereocenters. The number of thiocarbonyl (C=S) groups is 1. The summed E-state index contributed by atoms with van der Waals surface area (Å²) in [5, 5.41) is 0. The van der Waals surface area contributed by atoms with Crippen molar-refractivity contribution in [1.29, 1.82) is 0 Å². The molecule has 0 fully saturated rings. The van der Waals surface area contributed by atoms with Crippen LogP contribution in [-0.4, -0.2) is 4.99 Å². The van der Waals surface area contributed by atoms with Gasteiger partial charge in [0.25, 0.3) is 0 Å². The van der Waals surface area contributed by atoms with E-state index in [0.717, 1.165) is 10.9 Å². The Balaban J connectivity index is 2.69. The van der Waals surface area contributed by atoms with E-state index < -0.39 is 0 Å². The monoisotopic (exact) mass is 257 g/mol. The van der Waals surface area contributed by atoms with Crippen molar-refractivity contribution < 1.29 is 0 Å². The van der Waals surface area contributed by atoms with Crippen LogP contribution in [0.25, 0.3) is 0 Å². The van der Waals surface area contributed by atoms with Crippen molar-refractivity contribution in [1.82, 2.24) is 0 Å². The van der Waals surface area contributed by atoms with Gasteiger partial charge in [-0.05, 0) is 24.1 Å². The van der Waals surface area contributed by atoms with Gasteiger partial charge >= 0.3 is 0 Å². The van der Waals surface area contributed by atoms with Crippen LogP contribution >= 0.6 is 28.1 Å². The van der Waals surface area contributed by atoms with Crippen LogP contribution in [0.5, 0.6) is 0 Å². The molecule has 0 aliphatic carbocycles. The van der Waals surface area contributed by atoms with Crippen LogP contribution in [-0.2, 0) is 6.42 Å². The van der Waals surface area contributed by atoms with E-state index >= 15 is 0 Å². The van der Waals surface area contributed by atoms with Gasteiger partial charge in [-0.25, -0.2) is 0 Å². The van der Waals surface area contributed by atoms with Crippen LogP contribution in [0.3, 0.4) is 0 Å². The van der Waals surface area contributed by atoms with Crippen molar-refractivity contribution >= 4 is 33.1 Å². The zero-order chi connectivity index (χ0) is 9.84. The van der Waals surface area contributed by atoms with Crippen molar-refractivity contribution in [2.24, 2.45) is 11.7 Å². The van der Waals surface area contributed by atoms with Gasteiger partial charge in [0, 0.05) is 10.4 Å². The van der Waals surface area contributed by atoms with Gasteiger partial charge in [0.05, 0.1) is 4.99 Å². The minimum Gasteiger partial charge on any atom is -0.393 e. The fourth-order valence-electron chi connectivity index (χ4n) is 1.12. The first-order chi connectivity index (χ1) is 6.09. The highest BCUT2D eigenvalue weighted by molar-refractivity contribution is 9.10. The molecule has 1 aromatic carbocycles. The Hall–Kier alpha value is -0.410. The number of halogens is 1. The Morgan fingerprint density at radius 2 is 2.31 bits per heavy atom. The highest BCUT2D eigenvalue weighted by Crippen LogP contribution is 2.15. The van der Waals surface area contributed by atoms with Gasteiger partial charge in [-0.15, -0.1) is 0 Å². The maximum absolute atomic E-state index is 5.54. The first kappa shape index (κ1) is 10.7. The van der Waals surface area contributed by atoms with E-state index in [9.17, 15) is 0 Å². The van der Waals surface area contributed by atoms with Crippen LogP contribution < -0.4 is 5.73 Å². The molecule has 0 aromatic heterocycles. The van der Waals surface area contributed by atoms with Gasteiger partial charge in [0.1, 0.15) is 0 Å². The Bertz CT molecular complexity index is 312. The van der Waals surface area contributed by atoms with Gasteiger partial charge in [-0.1, -0.05) is 47.2 Å². The third-order valence-electron chi connectivity index (χ3n) is 1.92. The standard InChI is InChI=1S/C10H12BrNS/c1-7(10(12)13)5-8-3-2-4-9(11)6-8/h2-4,6-7H,5H2,1H3,(H2,12,13). The first-order valence-electron chi connectivity index (χ1n) is 4.13. The second-order valence-corrected chi connectivity index (χ2v) is 4.52. The molecule has 2 N–H and O–H groups in total. The second kappa shape index (κ2) is 4.72. The van der Waals surface area contributed by atoms with Gasteiger partial charge in [0.2, 0.25) is 0 Å². The van der Waals surface area contributed by atoms with E-state index in [-0.39, 0.29) is 5.92 Å². The highest BCUT2D eigenvalue weighted by Gasteiger charge is 2.05. The van der Waals surface area contributed by atoms with E-state index in [0.29, 0.717) is 4.99 Å². The lowest BCUT2D eigenvalue weighted by atomic mass is 10.0. The smallest absolute Gasteiger partial charge is 0.0759 e. The summed E-state index contributed by atoms with van der Waals surface area (Å²) in [4.78, 5) is 0.583. The molecule has 0 spiro atoms. The van der Waals surface area contributed by atoms with E-state index in [1.54, 1.807) is 0 Å². The SMILES string of the molecule is CC(Cc1cccc(Br)c1)C(N)=S.